The number of hydrogen-bond donors (Lipinski definition) is 0. The van der Waals surface area contributed by atoms with E-state index in [2.05, 4.69) is 94.8 Å². The first-order valence-corrected chi connectivity index (χ1v) is 7.79. The van der Waals surface area contributed by atoms with Crippen molar-refractivity contribution in [1.29, 1.82) is 0 Å². The summed E-state index contributed by atoms with van der Waals surface area (Å²) < 4.78 is 1.12. The topological polar surface area (TPSA) is 0 Å². The van der Waals surface area contributed by atoms with Gasteiger partial charge in [-0.15, -0.1) is 0 Å². The third-order valence-corrected chi connectivity index (χ3v) is 4.38. The Hall–Kier alpha value is -2.12. The second-order valence-electron chi connectivity index (χ2n) is 5.20. The second-order valence-corrected chi connectivity index (χ2v) is 6.12. The molecule has 21 heavy (non-hydrogen) atoms. The lowest BCUT2D eigenvalue weighted by Gasteiger charge is -2.04. The van der Waals surface area contributed by atoms with Gasteiger partial charge in [-0.3, -0.25) is 0 Å². The lowest BCUT2D eigenvalue weighted by molar-refractivity contribution is 1.61. The molecule has 0 saturated heterocycles. The van der Waals surface area contributed by atoms with Crippen LogP contribution in [0.15, 0.2) is 77.3 Å². The third-order valence-electron chi connectivity index (χ3n) is 3.89. The molecule has 3 aromatic rings. The summed E-state index contributed by atoms with van der Waals surface area (Å²) in [7, 11) is 0. The van der Waals surface area contributed by atoms with E-state index in [-0.39, 0.29) is 0 Å². The number of halogens is 1. The molecule has 1 heteroatoms. The molecule has 0 radical (unpaired) electrons. The third kappa shape index (κ3) is 2.14. The van der Waals surface area contributed by atoms with Crippen LogP contribution in [0.1, 0.15) is 16.7 Å². The summed E-state index contributed by atoms with van der Waals surface area (Å²) in [4.78, 5) is 0. The second kappa shape index (κ2) is 5.01. The Morgan fingerprint density at radius 2 is 1.29 bits per heavy atom. The zero-order chi connectivity index (χ0) is 14.2. The van der Waals surface area contributed by atoms with Crippen molar-refractivity contribution in [2.45, 2.75) is 0 Å². The summed E-state index contributed by atoms with van der Waals surface area (Å²) in [6, 6.07) is 25.6. The van der Waals surface area contributed by atoms with Gasteiger partial charge in [0.05, 0.1) is 0 Å². The average molecular weight is 333 g/mol. The van der Waals surface area contributed by atoms with Gasteiger partial charge in [0.1, 0.15) is 0 Å². The summed E-state index contributed by atoms with van der Waals surface area (Å²) in [5.41, 5.74) is 7.78. The van der Waals surface area contributed by atoms with E-state index in [1.807, 2.05) is 0 Å². The van der Waals surface area contributed by atoms with E-state index >= 15 is 0 Å². The van der Waals surface area contributed by atoms with Crippen molar-refractivity contribution < 1.29 is 0 Å². The van der Waals surface area contributed by atoms with Gasteiger partial charge in [-0.05, 0) is 51.6 Å². The van der Waals surface area contributed by atoms with E-state index < -0.39 is 0 Å². The molecule has 3 aromatic carbocycles. The molecule has 0 N–H and O–H groups in total. The monoisotopic (exact) mass is 332 g/mol. The van der Waals surface area contributed by atoms with Gasteiger partial charge >= 0.3 is 0 Å². The fourth-order valence-electron chi connectivity index (χ4n) is 2.94. The molecule has 0 aliphatic heterocycles. The predicted molar refractivity (Wildman–Crippen MR) is 93.0 cm³/mol. The number of fused-ring (bicyclic) bond motifs is 3. The minimum atomic E-state index is 1.12. The molecule has 0 fully saturated rings. The summed E-state index contributed by atoms with van der Waals surface area (Å²) in [5, 5.41) is 0. The van der Waals surface area contributed by atoms with Crippen molar-refractivity contribution in [2.24, 2.45) is 0 Å². The molecule has 4 rings (SSSR count). The van der Waals surface area contributed by atoms with Gasteiger partial charge in [0, 0.05) is 4.47 Å². The Labute approximate surface area is 132 Å². The molecule has 0 amide bonds. The first-order valence-electron chi connectivity index (χ1n) is 6.99. The minimum absolute atomic E-state index is 1.12. The molecule has 0 atom stereocenters. The van der Waals surface area contributed by atoms with Gasteiger partial charge < -0.3 is 0 Å². The molecular formula is C20H13Br. The lowest BCUT2D eigenvalue weighted by atomic mass is 10.0. The molecule has 1 aliphatic rings. The maximum absolute atomic E-state index is 3.60. The predicted octanol–water partition coefficient (Wildman–Crippen LogP) is 6.02. The van der Waals surface area contributed by atoms with Crippen LogP contribution in [-0.2, 0) is 0 Å². The molecule has 1 aliphatic carbocycles. The molecule has 0 bridgehead atoms. The SMILES string of the molecule is Brc1ccc2c(c1)/C(=C/c1ccccc1)c1ccccc1-2. The molecule has 0 heterocycles. The van der Waals surface area contributed by atoms with E-state index in [0.717, 1.165) is 4.47 Å². The summed E-state index contributed by atoms with van der Waals surface area (Å²) in [6.45, 7) is 0. The Morgan fingerprint density at radius 3 is 2.10 bits per heavy atom. The molecule has 100 valence electrons. The van der Waals surface area contributed by atoms with Crippen LogP contribution in [0.3, 0.4) is 0 Å². The maximum Gasteiger partial charge on any atom is 0.0181 e. The Bertz CT molecular complexity index is 845. The van der Waals surface area contributed by atoms with Crippen molar-refractivity contribution in [2.75, 3.05) is 0 Å². The smallest absolute Gasteiger partial charge is 0.0181 e. The van der Waals surface area contributed by atoms with Crippen LogP contribution >= 0.6 is 15.9 Å². The van der Waals surface area contributed by atoms with Crippen LogP contribution < -0.4 is 0 Å². The number of rotatable bonds is 1. The minimum Gasteiger partial charge on any atom is -0.0622 e. The van der Waals surface area contributed by atoms with Gasteiger partial charge in [-0.2, -0.15) is 0 Å². The highest BCUT2D eigenvalue weighted by atomic mass is 79.9. The van der Waals surface area contributed by atoms with Crippen LogP contribution in [0.25, 0.3) is 22.8 Å². The lowest BCUT2D eigenvalue weighted by Crippen LogP contribution is -1.82. The Kier molecular flexibility index (Phi) is 3.01. The van der Waals surface area contributed by atoms with Crippen molar-refractivity contribution in [3.8, 4) is 11.1 Å². The highest BCUT2D eigenvalue weighted by Gasteiger charge is 2.22. The van der Waals surface area contributed by atoms with Crippen LogP contribution in [0.2, 0.25) is 0 Å². The first-order chi connectivity index (χ1) is 10.3. The van der Waals surface area contributed by atoms with E-state index in [9.17, 15) is 0 Å². The highest BCUT2D eigenvalue weighted by molar-refractivity contribution is 9.10. The van der Waals surface area contributed by atoms with Gasteiger partial charge in [-0.25, -0.2) is 0 Å². The van der Waals surface area contributed by atoms with Crippen LogP contribution in [-0.4, -0.2) is 0 Å². The highest BCUT2D eigenvalue weighted by Crippen LogP contribution is 2.45. The van der Waals surface area contributed by atoms with Crippen LogP contribution in [0.4, 0.5) is 0 Å². The van der Waals surface area contributed by atoms with Crippen molar-refractivity contribution >= 4 is 27.6 Å². The molecule has 0 spiro atoms. The van der Waals surface area contributed by atoms with Crippen molar-refractivity contribution in [3.63, 3.8) is 0 Å². The maximum atomic E-state index is 3.60. The Morgan fingerprint density at radius 1 is 0.619 bits per heavy atom. The zero-order valence-corrected chi connectivity index (χ0v) is 13.0. The summed E-state index contributed by atoms with van der Waals surface area (Å²) in [5.74, 6) is 0. The van der Waals surface area contributed by atoms with E-state index in [1.54, 1.807) is 0 Å². The van der Waals surface area contributed by atoms with Crippen molar-refractivity contribution in [1.82, 2.24) is 0 Å². The quantitative estimate of drug-likeness (QED) is 0.400. The summed E-state index contributed by atoms with van der Waals surface area (Å²) >= 11 is 3.60. The molecular weight excluding hydrogens is 320 g/mol. The fraction of sp³-hybridized carbons (Fsp3) is 0. The Balaban J connectivity index is 1.99. The normalized spacial score (nSPS) is 14.0. The van der Waals surface area contributed by atoms with Gasteiger partial charge in [0.2, 0.25) is 0 Å². The largest absolute Gasteiger partial charge is 0.0622 e. The van der Waals surface area contributed by atoms with Gasteiger partial charge in [-0.1, -0.05) is 76.6 Å². The van der Waals surface area contributed by atoms with E-state index in [0.29, 0.717) is 0 Å². The standard InChI is InChI=1S/C20H13Br/c21-15-10-11-18-16-8-4-5-9-17(16)19(20(18)13-15)12-14-6-2-1-3-7-14/h1-13H/b19-12+. The average Bonchev–Trinajstić information content (AvgIpc) is 2.82. The zero-order valence-electron chi connectivity index (χ0n) is 11.4. The van der Waals surface area contributed by atoms with Crippen LogP contribution in [0.5, 0.6) is 0 Å². The number of benzene rings is 3. The fourth-order valence-corrected chi connectivity index (χ4v) is 3.30. The van der Waals surface area contributed by atoms with E-state index in [4.69, 9.17) is 0 Å². The van der Waals surface area contributed by atoms with Crippen molar-refractivity contribution in [3.05, 3.63) is 94.0 Å². The first kappa shape index (κ1) is 12.6. The van der Waals surface area contributed by atoms with E-state index in [1.165, 1.54) is 33.4 Å². The molecule has 0 saturated carbocycles. The molecule has 0 unspecified atom stereocenters. The molecule has 0 nitrogen and oxygen atoms in total. The molecule has 0 aromatic heterocycles. The van der Waals surface area contributed by atoms with Gasteiger partial charge in [0.25, 0.3) is 0 Å². The summed E-state index contributed by atoms with van der Waals surface area (Å²) in [6.07, 6.45) is 2.27. The van der Waals surface area contributed by atoms with Crippen LogP contribution in [0, 0.1) is 0 Å². The van der Waals surface area contributed by atoms with Gasteiger partial charge in [0.15, 0.2) is 0 Å². The number of hydrogen-bond acceptors (Lipinski definition) is 0.